The smallest absolute Gasteiger partial charge is 0.731 e. The summed E-state index contributed by atoms with van der Waals surface area (Å²) in [7, 11) is -4.44. The van der Waals surface area contributed by atoms with Gasteiger partial charge >= 0.3 is 29.6 Å². The van der Waals surface area contributed by atoms with Crippen molar-refractivity contribution in [2.75, 3.05) is 11.3 Å². The Hall–Kier alpha value is -0.270. The van der Waals surface area contributed by atoms with Crippen molar-refractivity contribution in [3.8, 4) is 5.75 Å². The minimum atomic E-state index is -4.44. The van der Waals surface area contributed by atoms with Gasteiger partial charge in [-0.3, -0.25) is 4.72 Å². The van der Waals surface area contributed by atoms with Gasteiger partial charge in [0.05, 0.1) is 6.61 Å². The Kier molecular flexibility index (Phi) is 6.23. The van der Waals surface area contributed by atoms with E-state index in [-0.39, 0.29) is 35.2 Å². The van der Waals surface area contributed by atoms with Gasteiger partial charge in [-0.1, -0.05) is 0 Å². The third kappa shape index (κ3) is 6.01. The van der Waals surface area contributed by atoms with Crippen LogP contribution in [0.5, 0.6) is 5.75 Å². The number of rotatable bonds is 4. The number of hydrogen-bond acceptors (Lipinski definition) is 4. The fourth-order valence-corrected chi connectivity index (χ4v) is 1.35. The van der Waals surface area contributed by atoms with Gasteiger partial charge in [0.2, 0.25) is 0 Å². The largest absolute Gasteiger partial charge is 1.00 e. The molecule has 1 N–H and O–H groups in total. The Labute approximate surface area is 111 Å². The van der Waals surface area contributed by atoms with Crippen molar-refractivity contribution in [1.29, 1.82) is 0 Å². The predicted octanol–water partition coefficient (Wildman–Crippen LogP) is -2.04. The van der Waals surface area contributed by atoms with Gasteiger partial charge in [-0.25, -0.2) is 8.42 Å². The molecule has 0 amide bonds. The predicted molar refractivity (Wildman–Crippen MR) is 50.9 cm³/mol. The summed E-state index contributed by atoms with van der Waals surface area (Å²) in [6.45, 7) is 2.38. The summed E-state index contributed by atoms with van der Waals surface area (Å²) in [5, 5.41) is 0. The second-order valence-electron chi connectivity index (χ2n) is 2.51. The van der Waals surface area contributed by atoms with E-state index < -0.39 is 10.3 Å². The molecule has 0 fully saturated rings. The summed E-state index contributed by atoms with van der Waals surface area (Å²) >= 11 is 0. The number of anilines is 1. The molecule has 0 bridgehead atoms. The van der Waals surface area contributed by atoms with Gasteiger partial charge in [-0.2, -0.15) is 0 Å². The first-order valence-electron chi connectivity index (χ1n) is 3.98. The maximum Gasteiger partial charge on any atom is 1.00 e. The Morgan fingerprint density at radius 1 is 1.33 bits per heavy atom. The molecule has 0 spiro atoms. The first-order chi connectivity index (χ1) is 6.51. The van der Waals surface area contributed by atoms with Crippen molar-refractivity contribution >= 4 is 16.0 Å². The van der Waals surface area contributed by atoms with Gasteiger partial charge in [0, 0.05) is 5.69 Å². The van der Waals surface area contributed by atoms with Crippen LogP contribution in [0.3, 0.4) is 0 Å². The third-order valence-electron chi connectivity index (χ3n) is 1.41. The minimum absolute atomic E-state index is 0. The van der Waals surface area contributed by atoms with Gasteiger partial charge in [-0.05, 0) is 31.2 Å². The summed E-state index contributed by atoms with van der Waals surface area (Å²) in [5.41, 5.74) is 0.225. The average Bonchev–Trinajstić information content (AvgIpc) is 2.06. The monoisotopic (exact) mass is 239 g/mol. The molecule has 0 heterocycles. The maximum absolute atomic E-state index is 10.3. The van der Waals surface area contributed by atoms with Crippen LogP contribution in [0.4, 0.5) is 5.69 Å². The van der Waals surface area contributed by atoms with Crippen LogP contribution in [0.25, 0.3) is 0 Å². The normalized spacial score (nSPS) is 10.3. The molecule has 0 unspecified atom stereocenters. The van der Waals surface area contributed by atoms with E-state index in [9.17, 15) is 13.0 Å². The SMILES string of the molecule is CCOc1ccc(NS(=O)(=O)[O-])cc1.[Na+]. The third-order valence-corrected chi connectivity index (χ3v) is 1.89. The van der Waals surface area contributed by atoms with E-state index in [1.54, 1.807) is 12.1 Å². The molecule has 0 aliphatic rings. The second-order valence-corrected chi connectivity index (χ2v) is 3.63. The number of hydrogen-bond donors (Lipinski definition) is 1. The van der Waals surface area contributed by atoms with Crippen LogP contribution >= 0.6 is 0 Å². The van der Waals surface area contributed by atoms with Crippen LogP contribution in [0.1, 0.15) is 6.92 Å². The van der Waals surface area contributed by atoms with Crippen molar-refractivity contribution in [3.05, 3.63) is 24.3 Å². The molecule has 0 aliphatic carbocycles. The van der Waals surface area contributed by atoms with Crippen molar-refractivity contribution in [1.82, 2.24) is 0 Å². The summed E-state index contributed by atoms with van der Waals surface area (Å²) in [6.07, 6.45) is 0. The topological polar surface area (TPSA) is 78.5 Å². The molecule has 78 valence electrons. The van der Waals surface area contributed by atoms with E-state index in [1.165, 1.54) is 12.1 Å². The minimum Gasteiger partial charge on any atom is -0.731 e. The van der Waals surface area contributed by atoms with Crippen LogP contribution in [0, 0.1) is 0 Å². The van der Waals surface area contributed by atoms with Crippen LogP contribution < -0.4 is 39.0 Å². The Bertz CT molecular complexity index is 390. The van der Waals surface area contributed by atoms with E-state index in [0.29, 0.717) is 12.4 Å². The molecule has 7 heteroatoms. The van der Waals surface area contributed by atoms with Crippen LogP contribution in [0.15, 0.2) is 24.3 Å². The zero-order valence-corrected chi connectivity index (χ0v) is 11.4. The molecule has 1 aromatic rings. The zero-order valence-electron chi connectivity index (χ0n) is 8.56. The average molecular weight is 239 g/mol. The Morgan fingerprint density at radius 2 is 1.87 bits per heavy atom. The molecule has 15 heavy (non-hydrogen) atoms. The fraction of sp³-hybridized carbons (Fsp3) is 0.250. The van der Waals surface area contributed by atoms with Crippen LogP contribution in [-0.2, 0) is 10.3 Å². The first-order valence-corrected chi connectivity index (χ1v) is 5.38. The van der Waals surface area contributed by atoms with E-state index in [0.717, 1.165) is 0 Å². The molecule has 0 aromatic heterocycles. The van der Waals surface area contributed by atoms with Crippen molar-refractivity contribution in [2.24, 2.45) is 0 Å². The summed E-state index contributed by atoms with van der Waals surface area (Å²) in [4.78, 5) is 0. The molecule has 0 saturated heterocycles. The second kappa shape index (κ2) is 6.34. The number of nitrogens with one attached hydrogen (secondary N) is 1. The fourth-order valence-electron chi connectivity index (χ4n) is 0.930. The van der Waals surface area contributed by atoms with Crippen molar-refractivity contribution in [3.63, 3.8) is 0 Å². The van der Waals surface area contributed by atoms with Crippen molar-refractivity contribution in [2.45, 2.75) is 6.92 Å². The van der Waals surface area contributed by atoms with Crippen LogP contribution in [0.2, 0.25) is 0 Å². The summed E-state index contributed by atoms with van der Waals surface area (Å²) < 4.78 is 37.9. The number of ether oxygens (including phenoxy) is 1. The van der Waals surface area contributed by atoms with E-state index >= 15 is 0 Å². The van der Waals surface area contributed by atoms with E-state index in [1.807, 2.05) is 11.6 Å². The van der Waals surface area contributed by atoms with Gasteiger partial charge in [0.25, 0.3) is 0 Å². The van der Waals surface area contributed by atoms with Gasteiger partial charge in [0.1, 0.15) is 5.75 Å². The van der Waals surface area contributed by atoms with E-state index in [2.05, 4.69) is 0 Å². The number of benzene rings is 1. The zero-order chi connectivity index (χ0) is 10.6. The molecule has 0 radical (unpaired) electrons. The standard InChI is InChI=1S/C8H11NO4S.Na/c1-2-13-8-5-3-7(4-6-8)9-14(10,11)12;/h3-6,9H,2H2,1H3,(H,10,11,12);/q;+1/p-1. The molecular weight excluding hydrogens is 229 g/mol. The maximum atomic E-state index is 10.3. The summed E-state index contributed by atoms with van der Waals surface area (Å²) in [6, 6.07) is 6.08. The molecule has 0 saturated carbocycles. The van der Waals surface area contributed by atoms with Gasteiger partial charge in [0.15, 0.2) is 10.3 Å². The van der Waals surface area contributed by atoms with Gasteiger partial charge < -0.3 is 9.29 Å². The molecular formula is C8H10NNaO4S. The molecule has 0 atom stereocenters. The van der Waals surface area contributed by atoms with Crippen molar-refractivity contribution < 1.29 is 47.3 Å². The van der Waals surface area contributed by atoms with E-state index in [4.69, 9.17) is 4.74 Å². The molecule has 5 nitrogen and oxygen atoms in total. The quantitative estimate of drug-likeness (QED) is 0.485. The van der Waals surface area contributed by atoms with Gasteiger partial charge in [-0.15, -0.1) is 0 Å². The summed E-state index contributed by atoms with van der Waals surface area (Å²) in [5.74, 6) is 0.626. The molecule has 1 aromatic carbocycles. The van der Waals surface area contributed by atoms with Crippen LogP contribution in [-0.4, -0.2) is 19.6 Å². The molecule has 0 aliphatic heterocycles. The Morgan fingerprint density at radius 3 is 2.27 bits per heavy atom. The Balaban J connectivity index is 0.00000196. The molecule has 1 rings (SSSR count). The first kappa shape index (κ1) is 14.7.